The lowest BCUT2D eigenvalue weighted by atomic mass is 9.46. The van der Waals surface area contributed by atoms with Crippen LogP contribution in [-0.2, 0) is 9.53 Å². The maximum absolute atomic E-state index is 11.7. The minimum absolute atomic E-state index is 0.0649. The van der Waals surface area contributed by atoms with Crippen molar-refractivity contribution in [2.24, 2.45) is 22.7 Å². The van der Waals surface area contributed by atoms with Crippen molar-refractivity contribution in [3.05, 3.63) is 23.8 Å². The van der Waals surface area contributed by atoms with Crippen LogP contribution in [-0.4, -0.2) is 35.0 Å². The second-order valence-corrected chi connectivity index (χ2v) is 8.69. The van der Waals surface area contributed by atoms with Crippen LogP contribution in [0.25, 0.3) is 0 Å². The van der Waals surface area contributed by atoms with Crippen LogP contribution in [0.4, 0.5) is 0 Å². The smallest absolute Gasteiger partial charge is 0.336 e. The quantitative estimate of drug-likeness (QED) is 0.463. The van der Waals surface area contributed by atoms with Gasteiger partial charge < -0.3 is 14.9 Å². The van der Waals surface area contributed by atoms with Gasteiger partial charge in [0.15, 0.2) is 0 Å². The molecule has 0 aromatic rings. The minimum Gasteiger partial charge on any atom is -0.459 e. The van der Waals surface area contributed by atoms with Gasteiger partial charge in [-0.2, -0.15) is 0 Å². The van der Waals surface area contributed by atoms with Gasteiger partial charge in [0.05, 0.1) is 11.7 Å². The summed E-state index contributed by atoms with van der Waals surface area (Å²) in [7, 11) is 0. The van der Waals surface area contributed by atoms with Crippen molar-refractivity contribution in [2.75, 3.05) is 6.61 Å². The fraction of sp³-hybridized carbons (Fsp3) is 0.750. The first kappa shape index (κ1) is 17.7. The zero-order valence-corrected chi connectivity index (χ0v) is 15.0. The molecule has 1 saturated heterocycles. The molecule has 0 amide bonds. The number of hydrogen-bond acceptors (Lipinski definition) is 4. The summed E-state index contributed by atoms with van der Waals surface area (Å²) in [5, 5.41) is 20.4. The molecule has 2 N–H and O–H groups in total. The molecule has 0 aromatic heterocycles. The third-order valence-electron chi connectivity index (χ3n) is 7.09. The van der Waals surface area contributed by atoms with E-state index in [1.165, 1.54) is 5.57 Å². The first-order chi connectivity index (χ1) is 11.2. The van der Waals surface area contributed by atoms with E-state index in [0.29, 0.717) is 17.9 Å². The molecule has 3 rings (SSSR count). The maximum Gasteiger partial charge on any atom is 0.336 e. The molecule has 0 bridgehead atoms. The van der Waals surface area contributed by atoms with Crippen molar-refractivity contribution in [3.8, 4) is 0 Å². The summed E-state index contributed by atoms with van der Waals surface area (Å²) in [6, 6.07) is 0. The Bertz CT molecular complexity index is 576. The number of fused-ring (bicyclic) bond motifs is 1. The Morgan fingerprint density at radius 3 is 2.62 bits per heavy atom. The molecular weight excluding hydrogens is 304 g/mol. The van der Waals surface area contributed by atoms with Crippen LogP contribution in [0.1, 0.15) is 52.9 Å². The van der Waals surface area contributed by atoms with E-state index in [2.05, 4.69) is 27.4 Å². The van der Waals surface area contributed by atoms with Crippen LogP contribution in [0.15, 0.2) is 23.8 Å². The number of carbonyl (C=O) groups is 1. The highest BCUT2D eigenvalue weighted by Gasteiger charge is 2.55. The molecule has 3 aliphatic rings. The van der Waals surface area contributed by atoms with Crippen molar-refractivity contribution < 1.29 is 19.7 Å². The van der Waals surface area contributed by atoms with E-state index in [4.69, 9.17) is 4.74 Å². The van der Waals surface area contributed by atoms with Crippen LogP contribution < -0.4 is 0 Å². The van der Waals surface area contributed by atoms with Crippen molar-refractivity contribution in [1.82, 2.24) is 0 Å². The second-order valence-electron chi connectivity index (χ2n) is 8.69. The number of ether oxygens (including phenoxy) is 1. The third-order valence-corrected chi connectivity index (χ3v) is 7.09. The van der Waals surface area contributed by atoms with E-state index >= 15 is 0 Å². The second kappa shape index (κ2) is 5.99. The van der Waals surface area contributed by atoms with Gasteiger partial charge in [-0.05, 0) is 54.8 Å². The monoisotopic (exact) mass is 334 g/mol. The molecule has 2 saturated carbocycles. The number of esters is 1. The molecule has 4 unspecified atom stereocenters. The molecule has 1 heterocycles. The molecule has 4 heteroatoms. The van der Waals surface area contributed by atoms with Gasteiger partial charge in [0.1, 0.15) is 12.7 Å². The van der Waals surface area contributed by atoms with Crippen molar-refractivity contribution in [2.45, 2.75) is 65.1 Å². The van der Waals surface area contributed by atoms with Gasteiger partial charge in [-0.25, -0.2) is 4.79 Å². The zero-order chi connectivity index (χ0) is 17.7. The maximum atomic E-state index is 11.7. The van der Waals surface area contributed by atoms with Gasteiger partial charge in [0, 0.05) is 0 Å². The first-order valence-electron chi connectivity index (χ1n) is 9.09. The summed E-state index contributed by atoms with van der Waals surface area (Å²) in [5.74, 6) is 0.309. The van der Waals surface area contributed by atoms with E-state index in [1.807, 2.05) is 6.08 Å². The first-order valence-corrected chi connectivity index (χ1v) is 9.09. The largest absolute Gasteiger partial charge is 0.459 e. The lowest BCUT2D eigenvalue weighted by Gasteiger charge is -2.59. The van der Waals surface area contributed by atoms with E-state index < -0.39 is 12.1 Å². The number of aliphatic hydroxyl groups is 2. The van der Waals surface area contributed by atoms with Gasteiger partial charge in [-0.1, -0.05) is 39.0 Å². The Kier molecular flexibility index (Phi) is 4.42. The van der Waals surface area contributed by atoms with Gasteiger partial charge >= 0.3 is 5.97 Å². The Morgan fingerprint density at radius 1 is 1.29 bits per heavy atom. The summed E-state index contributed by atoms with van der Waals surface area (Å²) >= 11 is 0. The summed E-state index contributed by atoms with van der Waals surface area (Å²) in [4.78, 5) is 11.7. The highest BCUT2D eigenvalue weighted by molar-refractivity contribution is 5.91. The predicted molar refractivity (Wildman–Crippen MR) is 92.1 cm³/mol. The average Bonchev–Trinajstić information content (AvgIpc) is 2.82. The molecule has 0 spiro atoms. The average molecular weight is 334 g/mol. The van der Waals surface area contributed by atoms with Crippen LogP contribution in [0, 0.1) is 22.7 Å². The van der Waals surface area contributed by atoms with Gasteiger partial charge in [0.25, 0.3) is 0 Å². The standard InChI is InChI=1S/C20H30O4/c1-12-5-8-16-19(2,3)17(22)9-10-20(16,4)14(12)7-6-13-15(21)11-24-18(13)23/h6,14-17,21-22H,1,5,7-11H2,2-4H3/t14?,15?,16?,17?,20-/m0/s1. The van der Waals surface area contributed by atoms with Crippen LogP contribution >= 0.6 is 0 Å². The highest BCUT2D eigenvalue weighted by Crippen LogP contribution is 2.61. The molecule has 4 nitrogen and oxygen atoms in total. The topological polar surface area (TPSA) is 66.8 Å². The van der Waals surface area contributed by atoms with E-state index in [9.17, 15) is 15.0 Å². The van der Waals surface area contributed by atoms with E-state index in [1.54, 1.807) is 0 Å². The molecule has 0 aromatic carbocycles. The van der Waals surface area contributed by atoms with Crippen LogP contribution in [0.5, 0.6) is 0 Å². The van der Waals surface area contributed by atoms with Gasteiger partial charge in [-0.15, -0.1) is 0 Å². The molecule has 2 aliphatic carbocycles. The third kappa shape index (κ3) is 2.64. The van der Waals surface area contributed by atoms with Crippen molar-refractivity contribution in [3.63, 3.8) is 0 Å². The van der Waals surface area contributed by atoms with Crippen molar-refractivity contribution >= 4 is 5.97 Å². The Hall–Kier alpha value is -1.13. The molecule has 0 radical (unpaired) electrons. The lowest BCUT2D eigenvalue weighted by Crippen LogP contribution is -2.54. The lowest BCUT2D eigenvalue weighted by molar-refractivity contribution is -0.135. The van der Waals surface area contributed by atoms with Gasteiger partial charge in [0.2, 0.25) is 0 Å². The van der Waals surface area contributed by atoms with Crippen LogP contribution in [0.3, 0.4) is 0 Å². The zero-order valence-electron chi connectivity index (χ0n) is 15.0. The summed E-state index contributed by atoms with van der Waals surface area (Å²) in [5.41, 5.74) is 1.59. The number of cyclic esters (lactones) is 1. The number of hydrogen-bond donors (Lipinski definition) is 2. The van der Waals surface area contributed by atoms with E-state index in [-0.39, 0.29) is 29.5 Å². The molecule has 5 atom stereocenters. The van der Waals surface area contributed by atoms with E-state index in [0.717, 1.165) is 25.7 Å². The number of rotatable bonds is 2. The number of aliphatic hydroxyl groups excluding tert-OH is 2. The Morgan fingerprint density at radius 2 is 2.00 bits per heavy atom. The van der Waals surface area contributed by atoms with Crippen molar-refractivity contribution in [1.29, 1.82) is 0 Å². The fourth-order valence-corrected chi connectivity index (χ4v) is 5.53. The summed E-state index contributed by atoms with van der Waals surface area (Å²) < 4.78 is 4.91. The highest BCUT2D eigenvalue weighted by atomic mass is 16.6. The predicted octanol–water partition coefficient (Wildman–Crippen LogP) is 2.99. The molecule has 134 valence electrons. The number of carbonyl (C=O) groups excluding carboxylic acids is 1. The molecular formula is C20H30O4. The summed E-state index contributed by atoms with van der Waals surface area (Å²) in [6.45, 7) is 11.1. The normalized spacial score (nSPS) is 43.6. The van der Waals surface area contributed by atoms with Crippen LogP contribution in [0.2, 0.25) is 0 Å². The number of allylic oxidation sites excluding steroid dienone is 2. The fourth-order valence-electron chi connectivity index (χ4n) is 5.53. The minimum atomic E-state index is -0.803. The Labute approximate surface area is 144 Å². The molecule has 3 fully saturated rings. The molecule has 24 heavy (non-hydrogen) atoms. The molecule has 1 aliphatic heterocycles. The Balaban J connectivity index is 1.87. The van der Waals surface area contributed by atoms with Gasteiger partial charge in [-0.3, -0.25) is 0 Å². The summed E-state index contributed by atoms with van der Waals surface area (Å²) in [6.07, 6.45) is 5.33. The SMILES string of the molecule is C=C1CCC2C(C)(C)C(O)CC[C@@]2(C)C1CC=C1C(=O)OCC1O.